The topological polar surface area (TPSA) is 217 Å². The van der Waals surface area contributed by atoms with E-state index in [2.05, 4.69) is 16.0 Å². The van der Waals surface area contributed by atoms with Crippen LogP contribution in [0, 0.1) is 5.92 Å². The fourth-order valence-corrected chi connectivity index (χ4v) is 5.31. The third kappa shape index (κ3) is 12.0. The number of benzene rings is 3. The molecule has 9 N–H and O–H groups in total. The SMILES string of the molecule is CC(C)CC(NC(=O)CN)C(=O)NC(Cc1ccc(O)cc1)C(=O)NC(Cc1ccc(O)cc1)C(=O)N(C)C(Cc1ccccc1)C(N)=O. The first-order valence-electron chi connectivity index (χ1n) is 16.0. The highest BCUT2D eigenvalue weighted by Crippen LogP contribution is 2.16. The number of phenols is 2. The Balaban J connectivity index is 1.95. The van der Waals surface area contributed by atoms with E-state index >= 15 is 0 Å². The lowest BCUT2D eigenvalue weighted by molar-refractivity contribution is -0.141. The van der Waals surface area contributed by atoms with E-state index in [1.807, 2.05) is 32.0 Å². The molecule has 0 radical (unpaired) electrons. The van der Waals surface area contributed by atoms with Gasteiger partial charge >= 0.3 is 0 Å². The number of nitrogens with zero attached hydrogens (tertiary/aromatic N) is 1. The fourth-order valence-electron chi connectivity index (χ4n) is 5.31. The molecule has 3 rings (SSSR count). The molecule has 49 heavy (non-hydrogen) atoms. The number of hydrogen-bond donors (Lipinski definition) is 7. The van der Waals surface area contributed by atoms with E-state index in [0.717, 1.165) is 5.56 Å². The molecule has 0 spiro atoms. The number of hydrogen-bond acceptors (Lipinski definition) is 8. The summed E-state index contributed by atoms with van der Waals surface area (Å²) in [6.07, 6.45) is 0.372. The third-order valence-electron chi connectivity index (χ3n) is 7.96. The lowest BCUT2D eigenvalue weighted by atomic mass is 9.99. The molecule has 0 heterocycles. The van der Waals surface area contributed by atoms with E-state index in [0.29, 0.717) is 11.1 Å². The van der Waals surface area contributed by atoms with E-state index in [1.165, 1.54) is 36.2 Å². The summed E-state index contributed by atoms with van der Waals surface area (Å²) in [5.41, 5.74) is 13.2. The largest absolute Gasteiger partial charge is 0.508 e. The van der Waals surface area contributed by atoms with Crippen molar-refractivity contribution in [3.8, 4) is 11.5 Å². The molecule has 13 heteroatoms. The lowest BCUT2D eigenvalue weighted by Gasteiger charge is -2.31. The predicted molar refractivity (Wildman–Crippen MR) is 184 cm³/mol. The first-order chi connectivity index (χ1) is 23.3. The molecule has 4 unspecified atom stereocenters. The summed E-state index contributed by atoms with van der Waals surface area (Å²) < 4.78 is 0. The summed E-state index contributed by atoms with van der Waals surface area (Å²) in [7, 11) is 1.43. The number of carbonyl (C=O) groups is 5. The number of amides is 5. The van der Waals surface area contributed by atoms with Gasteiger partial charge in [-0.05, 0) is 53.3 Å². The molecule has 0 aliphatic rings. The van der Waals surface area contributed by atoms with Crippen LogP contribution in [-0.4, -0.2) is 82.4 Å². The molecule has 0 saturated carbocycles. The summed E-state index contributed by atoms with van der Waals surface area (Å²) in [5.74, 6) is -3.18. The maximum absolute atomic E-state index is 14.1. The number of primary amides is 1. The van der Waals surface area contributed by atoms with Gasteiger partial charge in [-0.2, -0.15) is 0 Å². The summed E-state index contributed by atoms with van der Waals surface area (Å²) >= 11 is 0. The van der Waals surface area contributed by atoms with Gasteiger partial charge in [-0.15, -0.1) is 0 Å². The van der Waals surface area contributed by atoms with Gasteiger partial charge in [-0.25, -0.2) is 0 Å². The van der Waals surface area contributed by atoms with Crippen LogP contribution in [0.3, 0.4) is 0 Å². The van der Waals surface area contributed by atoms with Gasteiger partial charge in [0.05, 0.1) is 6.54 Å². The highest BCUT2D eigenvalue weighted by atomic mass is 16.3. The molecule has 4 atom stereocenters. The van der Waals surface area contributed by atoms with Gasteiger partial charge in [0.2, 0.25) is 29.5 Å². The van der Waals surface area contributed by atoms with Crippen LogP contribution in [0.5, 0.6) is 11.5 Å². The molecule has 0 saturated heterocycles. The first kappa shape index (κ1) is 38.0. The van der Waals surface area contributed by atoms with Gasteiger partial charge in [0.25, 0.3) is 0 Å². The van der Waals surface area contributed by atoms with Gasteiger partial charge in [0.15, 0.2) is 0 Å². The molecule has 0 aromatic heterocycles. The summed E-state index contributed by atoms with van der Waals surface area (Å²) in [4.78, 5) is 67.6. The van der Waals surface area contributed by atoms with Crippen molar-refractivity contribution in [1.29, 1.82) is 0 Å². The monoisotopic (exact) mass is 674 g/mol. The number of nitrogens with two attached hydrogens (primary N) is 2. The van der Waals surface area contributed by atoms with Gasteiger partial charge < -0.3 is 42.5 Å². The van der Waals surface area contributed by atoms with Crippen molar-refractivity contribution in [2.45, 2.75) is 63.7 Å². The molecule has 0 bridgehead atoms. The van der Waals surface area contributed by atoms with Crippen LogP contribution < -0.4 is 27.4 Å². The van der Waals surface area contributed by atoms with Crippen LogP contribution in [-0.2, 0) is 43.2 Å². The second kappa shape index (κ2) is 18.2. The van der Waals surface area contributed by atoms with Crippen LogP contribution >= 0.6 is 0 Å². The van der Waals surface area contributed by atoms with Crippen molar-refractivity contribution in [3.05, 3.63) is 95.6 Å². The normalized spacial score (nSPS) is 13.4. The van der Waals surface area contributed by atoms with Crippen molar-refractivity contribution >= 4 is 29.5 Å². The zero-order valence-electron chi connectivity index (χ0n) is 28.0. The van der Waals surface area contributed by atoms with Crippen LogP contribution in [0.2, 0.25) is 0 Å². The molecule has 5 amide bonds. The number of likely N-dealkylation sites (N-methyl/N-ethyl adjacent to an activating group) is 1. The van der Waals surface area contributed by atoms with Crippen molar-refractivity contribution in [2.75, 3.05) is 13.6 Å². The Hall–Kier alpha value is -5.43. The number of phenolic OH excluding ortho intramolecular Hbond substituents is 2. The minimum Gasteiger partial charge on any atom is -0.508 e. The molecule has 0 fully saturated rings. The average molecular weight is 675 g/mol. The highest BCUT2D eigenvalue weighted by molar-refractivity contribution is 5.95. The lowest BCUT2D eigenvalue weighted by Crippen LogP contribution is -2.59. The van der Waals surface area contributed by atoms with Crippen molar-refractivity contribution in [2.24, 2.45) is 17.4 Å². The second-order valence-corrected chi connectivity index (χ2v) is 12.4. The number of rotatable bonds is 17. The fraction of sp³-hybridized carbons (Fsp3) is 0.361. The summed E-state index contributed by atoms with van der Waals surface area (Å²) in [6, 6.07) is 16.8. The van der Waals surface area contributed by atoms with Crippen LogP contribution in [0.15, 0.2) is 78.9 Å². The summed E-state index contributed by atoms with van der Waals surface area (Å²) in [5, 5.41) is 27.7. The standard InChI is InChI=1S/C36H46N6O7/c1-22(2)17-28(39-32(45)21-37)34(47)40-29(18-24-9-13-26(43)14-10-24)35(48)41-30(19-25-11-15-27(44)16-12-25)36(49)42(3)31(33(38)46)20-23-7-5-4-6-8-23/h4-16,22,28-31,43-44H,17-21,37H2,1-3H3,(H2,38,46)(H,39,45)(H,40,47)(H,41,48). The van der Waals surface area contributed by atoms with Crippen LogP contribution in [0.4, 0.5) is 0 Å². The molecule has 0 aliphatic carbocycles. The zero-order valence-corrected chi connectivity index (χ0v) is 28.0. The Kier molecular flexibility index (Phi) is 14.1. The van der Waals surface area contributed by atoms with Crippen LogP contribution in [0.25, 0.3) is 0 Å². The molecule has 3 aromatic rings. The number of aromatic hydroxyl groups is 2. The van der Waals surface area contributed by atoms with Crippen molar-refractivity contribution in [3.63, 3.8) is 0 Å². The van der Waals surface area contributed by atoms with Crippen LogP contribution in [0.1, 0.15) is 37.0 Å². The number of carbonyl (C=O) groups excluding carboxylic acids is 5. The van der Waals surface area contributed by atoms with Gasteiger partial charge in [0.1, 0.15) is 35.7 Å². The molecular formula is C36H46N6O7. The molecular weight excluding hydrogens is 628 g/mol. The Morgan fingerprint density at radius 2 is 1.14 bits per heavy atom. The van der Waals surface area contributed by atoms with E-state index < -0.39 is 53.7 Å². The maximum atomic E-state index is 14.1. The number of nitrogens with one attached hydrogen (secondary N) is 3. The molecule has 3 aromatic carbocycles. The van der Waals surface area contributed by atoms with Gasteiger partial charge in [-0.1, -0.05) is 68.4 Å². The highest BCUT2D eigenvalue weighted by Gasteiger charge is 2.34. The summed E-state index contributed by atoms with van der Waals surface area (Å²) in [6.45, 7) is 3.43. The Morgan fingerprint density at radius 3 is 1.63 bits per heavy atom. The predicted octanol–water partition coefficient (Wildman–Crippen LogP) is 0.897. The molecule has 262 valence electrons. The Morgan fingerprint density at radius 1 is 0.673 bits per heavy atom. The minimum atomic E-state index is -1.22. The zero-order chi connectivity index (χ0) is 36.1. The van der Waals surface area contributed by atoms with Crippen molar-refractivity contribution < 1.29 is 34.2 Å². The van der Waals surface area contributed by atoms with Gasteiger partial charge in [0, 0.05) is 26.3 Å². The molecule has 13 nitrogen and oxygen atoms in total. The first-order valence-corrected chi connectivity index (χ1v) is 16.0. The second-order valence-electron chi connectivity index (χ2n) is 12.4. The van der Waals surface area contributed by atoms with Crippen molar-refractivity contribution in [1.82, 2.24) is 20.9 Å². The van der Waals surface area contributed by atoms with E-state index in [4.69, 9.17) is 11.5 Å². The van der Waals surface area contributed by atoms with E-state index in [-0.39, 0.29) is 49.6 Å². The molecule has 0 aliphatic heterocycles. The average Bonchev–Trinajstić information content (AvgIpc) is 3.07. The smallest absolute Gasteiger partial charge is 0.245 e. The van der Waals surface area contributed by atoms with E-state index in [9.17, 15) is 34.2 Å². The third-order valence-corrected chi connectivity index (χ3v) is 7.96. The minimum absolute atomic E-state index is 0.00938. The maximum Gasteiger partial charge on any atom is 0.245 e. The Labute approximate surface area is 286 Å². The van der Waals surface area contributed by atoms with E-state index in [1.54, 1.807) is 36.4 Å². The Bertz CT molecular complexity index is 1560. The van der Waals surface area contributed by atoms with Gasteiger partial charge in [-0.3, -0.25) is 24.0 Å². The quantitative estimate of drug-likeness (QED) is 0.109.